The first kappa shape index (κ1) is 21.1. The molecule has 0 aliphatic carbocycles. The van der Waals surface area contributed by atoms with Gasteiger partial charge in [-0.2, -0.15) is 0 Å². The van der Waals surface area contributed by atoms with Crippen molar-refractivity contribution in [1.82, 2.24) is 0 Å². The molecule has 0 bridgehead atoms. The summed E-state index contributed by atoms with van der Waals surface area (Å²) in [5, 5.41) is 0. The van der Waals surface area contributed by atoms with Gasteiger partial charge >= 0.3 is 5.97 Å². The average molecular weight is 383 g/mol. The molecule has 4 heteroatoms. The summed E-state index contributed by atoms with van der Waals surface area (Å²) in [6.45, 7) is 8.67. The molecule has 0 amide bonds. The van der Waals surface area contributed by atoms with E-state index in [9.17, 15) is 9.59 Å². The van der Waals surface area contributed by atoms with Crippen LogP contribution in [0.15, 0.2) is 60.7 Å². The Kier molecular flexibility index (Phi) is 7.57. The van der Waals surface area contributed by atoms with Gasteiger partial charge in [-0.1, -0.05) is 82.3 Å². The first-order valence-corrected chi connectivity index (χ1v) is 11.8. The smallest absolute Gasteiger partial charge is 0.331 e. The molecule has 0 saturated heterocycles. The Balaban J connectivity index is 2.08. The predicted octanol–water partition coefficient (Wildman–Crippen LogP) is 5.28. The number of ether oxygens (including phenoxy) is 1. The van der Waals surface area contributed by atoms with Crippen molar-refractivity contribution in [3.8, 4) is 0 Å². The Labute approximate surface area is 163 Å². The second-order valence-electron chi connectivity index (χ2n) is 7.60. The van der Waals surface area contributed by atoms with Crippen LogP contribution in [0, 0.1) is 0 Å². The van der Waals surface area contributed by atoms with Crippen LogP contribution in [-0.2, 0) is 22.2 Å². The van der Waals surface area contributed by atoms with Crippen LogP contribution < -0.4 is 0 Å². The van der Waals surface area contributed by atoms with E-state index >= 15 is 0 Å². The average Bonchev–Trinajstić information content (AvgIpc) is 2.66. The van der Waals surface area contributed by atoms with Crippen molar-refractivity contribution in [2.75, 3.05) is 0 Å². The van der Waals surface area contributed by atoms with Crippen LogP contribution in [0.5, 0.6) is 0 Å². The molecule has 0 radical (unpaired) electrons. The van der Waals surface area contributed by atoms with Crippen LogP contribution in [0.2, 0.25) is 11.1 Å². The lowest BCUT2D eigenvalue weighted by atomic mass is 10.1. The summed E-state index contributed by atoms with van der Waals surface area (Å²) in [4.78, 5) is 23.3. The standard InChI is InChI=1S/C23H30O3Si/c1-18(2)27(25,19(3)4)17-22-13-9-8-12-21(22)14-15-23(24)26-16-20-10-6-5-7-11-20/h5-15,18-19,25H,16-17H2,1-4H3/b15-14+. The van der Waals surface area contributed by atoms with E-state index in [0.29, 0.717) is 6.04 Å². The number of hydrogen-bond acceptors (Lipinski definition) is 3. The quantitative estimate of drug-likeness (QED) is 0.384. The number of hydrogen-bond donors (Lipinski definition) is 1. The second-order valence-corrected chi connectivity index (χ2v) is 12.2. The zero-order valence-electron chi connectivity index (χ0n) is 16.7. The molecule has 0 saturated carbocycles. The third kappa shape index (κ3) is 5.91. The molecule has 2 rings (SSSR count). The Morgan fingerprint density at radius 3 is 2.22 bits per heavy atom. The highest BCUT2D eigenvalue weighted by Gasteiger charge is 2.38. The van der Waals surface area contributed by atoms with Crippen LogP contribution in [0.3, 0.4) is 0 Å². The van der Waals surface area contributed by atoms with Crippen molar-refractivity contribution in [3.63, 3.8) is 0 Å². The van der Waals surface area contributed by atoms with E-state index in [1.165, 1.54) is 6.08 Å². The molecular weight excluding hydrogens is 352 g/mol. The topological polar surface area (TPSA) is 46.5 Å². The van der Waals surface area contributed by atoms with Gasteiger partial charge in [-0.15, -0.1) is 0 Å². The summed E-state index contributed by atoms with van der Waals surface area (Å²) >= 11 is 0. The third-order valence-electron chi connectivity index (χ3n) is 5.15. The maximum Gasteiger partial charge on any atom is 0.331 e. The van der Waals surface area contributed by atoms with E-state index in [1.807, 2.05) is 54.6 Å². The van der Waals surface area contributed by atoms with Crippen molar-refractivity contribution >= 4 is 20.4 Å². The fraction of sp³-hybridized carbons (Fsp3) is 0.348. The van der Waals surface area contributed by atoms with E-state index in [1.54, 1.807) is 6.08 Å². The fourth-order valence-electron chi connectivity index (χ4n) is 3.17. The van der Waals surface area contributed by atoms with Gasteiger partial charge in [-0.3, -0.25) is 0 Å². The van der Waals surface area contributed by atoms with Gasteiger partial charge in [0.1, 0.15) is 6.61 Å². The molecule has 0 atom stereocenters. The van der Waals surface area contributed by atoms with Gasteiger partial charge in [0.25, 0.3) is 0 Å². The van der Waals surface area contributed by atoms with Crippen LogP contribution >= 0.6 is 0 Å². The van der Waals surface area contributed by atoms with Gasteiger partial charge in [0.05, 0.1) is 0 Å². The minimum absolute atomic E-state index is 0.263. The summed E-state index contributed by atoms with van der Waals surface area (Å²) in [7, 11) is -2.44. The maximum atomic E-state index is 12.1. The molecule has 144 valence electrons. The molecule has 0 spiro atoms. The summed E-state index contributed by atoms with van der Waals surface area (Å²) < 4.78 is 5.30. The molecule has 0 aromatic heterocycles. The number of rotatable bonds is 8. The Bertz CT molecular complexity index is 758. The highest BCUT2D eigenvalue weighted by Crippen LogP contribution is 2.33. The van der Waals surface area contributed by atoms with E-state index in [4.69, 9.17) is 4.74 Å². The van der Waals surface area contributed by atoms with Gasteiger partial charge < -0.3 is 9.53 Å². The largest absolute Gasteiger partial charge is 0.458 e. The molecule has 0 aliphatic rings. The lowest BCUT2D eigenvalue weighted by Crippen LogP contribution is -2.44. The first-order chi connectivity index (χ1) is 12.8. The summed E-state index contributed by atoms with van der Waals surface area (Å²) in [6, 6.07) is 18.3. The number of carbonyl (C=O) groups excluding carboxylic acids is 1. The summed E-state index contributed by atoms with van der Waals surface area (Å²) in [6.07, 6.45) is 3.26. The minimum atomic E-state index is -2.44. The fourth-order valence-corrected chi connectivity index (χ4v) is 6.25. The van der Waals surface area contributed by atoms with Crippen LogP contribution in [0.1, 0.15) is 44.4 Å². The predicted molar refractivity (Wildman–Crippen MR) is 114 cm³/mol. The Morgan fingerprint density at radius 1 is 1.00 bits per heavy atom. The van der Waals surface area contributed by atoms with Gasteiger partial charge in [0.2, 0.25) is 0 Å². The van der Waals surface area contributed by atoms with Crippen LogP contribution in [0.4, 0.5) is 0 Å². The van der Waals surface area contributed by atoms with Gasteiger partial charge in [-0.25, -0.2) is 4.79 Å². The summed E-state index contributed by atoms with van der Waals surface area (Å²) in [5.74, 6) is -0.367. The highest BCUT2D eigenvalue weighted by atomic mass is 28.4. The monoisotopic (exact) mass is 382 g/mol. The highest BCUT2D eigenvalue weighted by molar-refractivity contribution is 6.74. The van der Waals surface area contributed by atoms with Crippen molar-refractivity contribution in [2.24, 2.45) is 0 Å². The van der Waals surface area contributed by atoms with Crippen molar-refractivity contribution in [3.05, 3.63) is 77.4 Å². The normalized spacial score (nSPS) is 12.1. The molecule has 0 heterocycles. The SMILES string of the molecule is CC(C)[Si](O)(Cc1ccccc1/C=C/C(=O)OCc1ccccc1)C(C)C. The molecule has 27 heavy (non-hydrogen) atoms. The van der Waals surface area contributed by atoms with Crippen LogP contribution in [-0.4, -0.2) is 19.1 Å². The van der Waals surface area contributed by atoms with Gasteiger partial charge in [0, 0.05) is 6.08 Å². The van der Waals surface area contributed by atoms with E-state index in [0.717, 1.165) is 16.7 Å². The number of benzene rings is 2. The van der Waals surface area contributed by atoms with Crippen LogP contribution in [0.25, 0.3) is 6.08 Å². The van der Waals surface area contributed by atoms with Gasteiger partial charge in [0.15, 0.2) is 8.32 Å². The second kappa shape index (κ2) is 9.67. The molecule has 3 nitrogen and oxygen atoms in total. The zero-order valence-corrected chi connectivity index (χ0v) is 17.7. The lowest BCUT2D eigenvalue weighted by molar-refractivity contribution is -0.138. The molecule has 2 aromatic carbocycles. The summed E-state index contributed by atoms with van der Waals surface area (Å²) in [5.41, 5.74) is 3.54. The van der Waals surface area contributed by atoms with Crippen molar-refractivity contribution in [2.45, 2.75) is 51.4 Å². The van der Waals surface area contributed by atoms with Gasteiger partial charge in [-0.05, 0) is 39.9 Å². The number of esters is 1. The molecule has 1 N–H and O–H groups in total. The molecule has 0 fully saturated rings. The molecule has 2 aromatic rings. The van der Waals surface area contributed by atoms with E-state index < -0.39 is 8.32 Å². The lowest BCUT2D eigenvalue weighted by Gasteiger charge is -2.33. The van der Waals surface area contributed by atoms with E-state index in [-0.39, 0.29) is 23.7 Å². The molecular formula is C23H30O3Si. The zero-order chi connectivity index (χ0) is 19.9. The Hall–Kier alpha value is -2.17. The first-order valence-electron chi connectivity index (χ1n) is 9.52. The molecule has 0 unspecified atom stereocenters. The Morgan fingerprint density at radius 2 is 1.59 bits per heavy atom. The van der Waals surface area contributed by atoms with Crippen molar-refractivity contribution in [1.29, 1.82) is 0 Å². The van der Waals surface area contributed by atoms with E-state index in [2.05, 4.69) is 27.7 Å². The van der Waals surface area contributed by atoms with Crippen molar-refractivity contribution < 1.29 is 14.3 Å². The maximum absolute atomic E-state index is 12.1. The third-order valence-corrected chi connectivity index (χ3v) is 10.1. The number of carbonyl (C=O) groups is 1. The molecule has 0 aliphatic heterocycles. The minimum Gasteiger partial charge on any atom is -0.458 e.